The zero-order valence-corrected chi connectivity index (χ0v) is 18.1. The Hall–Kier alpha value is -3.48. The lowest BCUT2D eigenvalue weighted by Crippen LogP contribution is -2.28. The van der Waals surface area contributed by atoms with Crippen LogP contribution in [0.1, 0.15) is 49.5 Å². The smallest absolute Gasteiger partial charge is 0.230 e. The molecule has 0 radical (unpaired) electrons. The molecule has 5 rings (SSSR count). The minimum atomic E-state index is -0.397. The van der Waals surface area contributed by atoms with Crippen molar-refractivity contribution in [3.05, 3.63) is 60.0 Å². The summed E-state index contributed by atoms with van der Waals surface area (Å²) in [4.78, 5) is 31.6. The minimum absolute atomic E-state index is 0.0333. The minimum Gasteiger partial charge on any atom is -0.339 e. The van der Waals surface area contributed by atoms with Crippen molar-refractivity contribution < 1.29 is 14.1 Å². The summed E-state index contributed by atoms with van der Waals surface area (Å²) >= 11 is 0. The summed E-state index contributed by atoms with van der Waals surface area (Å²) in [6.45, 7) is 2.38. The van der Waals surface area contributed by atoms with Gasteiger partial charge >= 0.3 is 0 Å². The molecule has 1 aromatic heterocycles. The molecule has 0 spiro atoms. The molecule has 2 heterocycles. The third-order valence-corrected chi connectivity index (χ3v) is 6.38. The Kier molecular flexibility index (Phi) is 5.47. The summed E-state index contributed by atoms with van der Waals surface area (Å²) < 4.78 is 5.49. The number of carbonyl (C=O) groups excluding carboxylic acids is 2. The molecule has 2 aliphatic rings. The molecule has 0 unspecified atom stereocenters. The number of rotatable bonds is 5. The first-order valence-electron chi connectivity index (χ1n) is 11.2. The quantitative estimate of drug-likeness (QED) is 0.634. The summed E-state index contributed by atoms with van der Waals surface area (Å²) in [6.07, 6.45) is 4.80. The zero-order valence-electron chi connectivity index (χ0n) is 18.1. The first-order chi connectivity index (χ1) is 15.6. The molecule has 1 N–H and O–H groups in total. The lowest BCUT2D eigenvalue weighted by atomic mass is 10.1. The van der Waals surface area contributed by atoms with E-state index in [9.17, 15) is 9.59 Å². The van der Waals surface area contributed by atoms with Crippen LogP contribution in [0.5, 0.6) is 0 Å². The molecule has 7 heteroatoms. The van der Waals surface area contributed by atoms with Crippen LogP contribution in [-0.4, -0.2) is 28.5 Å². The molecule has 1 aliphatic heterocycles. The molecule has 1 saturated carbocycles. The van der Waals surface area contributed by atoms with E-state index in [1.807, 2.05) is 55.5 Å². The van der Waals surface area contributed by atoms with Gasteiger partial charge in [-0.2, -0.15) is 4.98 Å². The van der Waals surface area contributed by atoms with E-state index in [2.05, 4.69) is 15.5 Å². The maximum Gasteiger partial charge on any atom is 0.230 e. The van der Waals surface area contributed by atoms with Crippen LogP contribution in [-0.2, 0) is 9.59 Å². The Bertz CT molecular complexity index is 1130. The van der Waals surface area contributed by atoms with Gasteiger partial charge in [-0.05, 0) is 44.0 Å². The van der Waals surface area contributed by atoms with Gasteiger partial charge in [0.25, 0.3) is 0 Å². The number of nitrogens with one attached hydrogen (secondary N) is 1. The fourth-order valence-electron chi connectivity index (χ4n) is 4.53. The van der Waals surface area contributed by atoms with Crippen LogP contribution >= 0.6 is 0 Å². The Morgan fingerprint density at radius 2 is 1.91 bits per heavy atom. The van der Waals surface area contributed by atoms with E-state index in [1.54, 1.807) is 4.90 Å². The van der Waals surface area contributed by atoms with E-state index in [4.69, 9.17) is 4.52 Å². The van der Waals surface area contributed by atoms with Gasteiger partial charge in [-0.15, -0.1) is 0 Å². The topological polar surface area (TPSA) is 88.3 Å². The highest BCUT2D eigenvalue weighted by Gasteiger charge is 2.35. The summed E-state index contributed by atoms with van der Waals surface area (Å²) in [5.74, 6) is 0.998. The van der Waals surface area contributed by atoms with Crippen molar-refractivity contribution in [2.45, 2.75) is 44.9 Å². The molecule has 1 aliphatic carbocycles. The molecule has 32 heavy (non-hydrogen) atoms. The molecule has 0 bridgehead atoms. The van der Waals surface area contributed by atoms with Gasteiger partial charge in [-0.1, -0.05) is 47.8 Å². The van der Waals surface area contributed by atoms with Gasteiger partial charge in [-0.3, -0.25) is 9.59 Å². The number of aryl methyl sites for hydroxylation is 1. The molecule has 3 aromatic rings. The zero-order chi connectivity index (χ0) is 22.1. The number of aromatic nitrogens is 2. The molecule has 2 aromatic carbocycles. The number of hydrogen-bond acceptors (Lipinski definition) is 5. The number of amides is 2. The lowest BCUT2D eigenvalue weighted by molar-refractivity contribution is -0.122. The van der Waals surface area contributed by atoms with Crippen molar-refractivity contribution in [2.75, 3.05) is 16.8 Å². The maximum absolute atomic E-state index is 12.9. The first kappa shape index (κ1) is 20.4. The van der Waals surface area contributed by atoms with Crippen LogP contribution in [0.25, 0.3) is 11.4 Å². The van der Waals surface area contributed by atoms with Crippen molar-refractivity contribution in [2.24, 2.45) is 5.92 Å². The van der Waals surface area contributed by atoms with Gasteiger partial charge in [0.15, 0.2) is 0 Å². The summed E-state index contributed by atoms with van der Waals surface area (Å²) in [6, 6.07) is 15.2. The van der Waals surface area contributed by atoms with Crippen LogP contribution in [0, 0.1) is 12.8 Å². The molecule has 1 saturated heterocycles. The number of anilines is 2. The largest absolute Gasteiger partial charge is 0.339 e. The van der Waals surface area contributed by atoms with E-state index in [0.717, 1.165) is 29.7 Å². The fraction of sp³-hybridized carbons (Fsp3) is 0.360. The van der Waals surface area contributed by atoms with Gasteiger partial charge in [0.2, 0.25) is 23.5 Å². The number of benzene rings is 2. The van der Waals surface area contributed by atoms with Crippen molar-refractivity contribution in [3.8, 4) is 11.4 Å². The summed E-state index contributed by atoms with van der Waals surface area (Å²) in [7, 11) is 0. The van der Waals surface area contributed by atoms with Crippen LogP contribution < -0.4 is 10.2 Å². The Morgan fingerprint density at radius 1 is 1.12 bits per heavy atom. The molecular formula is C25H26N4O3. The predicted octanol–water partition coefficient (Wildman–Crippen LogP) is 4.69. The summed E-state index contributed by atoms with van der Waals surface area (Å²) in [5, 5.41) is 7.09. The molecule has 7 nitrogen and oxygen atoms in total. The van der Waals surface area contributed by atoms with Crippen molar-refractivity contribution >= 4 is 23.2 Å². The second-order valence-electron chi connectivity index (χ2n) is 8.75. The second kappa shape index (κ2) is 8.57. The summed E-state index contributed by atoms with van der Waals surface area (Å²) in [5.41, 5.74) is 3.40. The standard InChI is InChI=1S/C25H26N4O3/c1-16-9-11-21(12-10-16)29-15-19(14-22(29)30)24(31)26-20-8-4-7-18(13-20)23-27-25(32-28-23)17-5-2-3-6-17/h4,7-13,17,19H,2-3,5-6,14-15H2,1H3,(H,26,31)/t19-/m0/s1. The second-order valence-corrected chi connectivity index (χ2v) is 8.75. The van der Waals surface area contributed by atoms with Crippen LogP contribution in [0.15, 0.2) is 53.1 Å². The Balaban J connectivity index is 1.26. The highest BCUT2D eigenvalue weighted by atomic mass is 16.5. The third-order valence-electron chi connectivity index (χ3n) is 6.38. The number of carbonyl (C=O) groups is 2. The van der Waals surface area contributed by atoms with E-state index >= 15 is 0 Å². The van der Waals surface area contributed by atoms with Gasteiger partial charge < -0.3 is 14.7 Å². The first-order valence-corrected chi connectivity index (χ1v) is 11.2. The van der Waals surface area contributed by atoms with Crippen molar-refractivity contribution in [1.29, 1.82) is 0 Å². The number of hydrogen-bond donors (Lipinski definition) is 1. The highest BCUT2D eigenvalue weighted by molar-refractivity contribution is 6.03. The normalized spacial score (nSPS) is 19.0. The molecular weight excluding hydrogens is 404 g/mol. The average Bonchev–Trinajstić information content (AvgIpc) is 3.55. The maximum atomic E-state index is 12.9. The Labute approximate surface area is 186 Å². The van der Waals surface area contributed by atoms with E-state index < -0.39 is 5.92 Å². The fourth-order valence-corrected chi connectivity index (χ4v) is 4.53. The molecule has 2 amide bonds. The van der Waals surface area contributed by atoms with E-state index in [1.165, 1.54) is 12.8 Å². The van der Waals surface area contributed by atoms with E-state index in [0.29, 0.717) is 29.9 Å². The third kappa shape index (κ3) is 4.15. The molecule has 2 fully saturated rings. The SMILES string of the molecule is Cc1ccc(N2C[C@@H](C(=O)Nc3cccc(-c4noc(C5CCCC5)n4)c3)CC2=O)cc1. The molecule has 1 atom stereocenters. The monoisotopic (exact) mass is 430 g/mol. The predicted molar refractivity (Wildman–Crippen MR) is 121 cm³/mol. The Morgan fingerprint density at radius 3 is 2.69 bits per heavy atom. The van der Waals surface area contributed by atoms with Crippen LogP contribution in [0.4, 0.5) is 11.4 Å². The lowest BCUT2D eigenvalue weighted by Gasteiger charge is -2.17. The van der Waals surface area contributed by atoms with Crippen LogP contribution in [0.3, 0.4) is 0 Å². The van der Waals surface area contributed by atoms with Gasteiger partial charge in [0, 0.05) is 35.8 Å². The van der Waals surface area contributed by atoms with Gasteiger partial charge in [0.05, 0.1) is 5.92 Å². The number of nitrogens with zero attached hydrogens (tertiary/aromatic N) is 3. The van der Waals surface area contributed by atoms with Crippen molar-refractivity contribution in [3.63, 3.8) is 0 Å². The van der Waals surface area contributed by atoms with Crippen molar-refractivity contribution in [1.82, 2.24) is 10.1 Å². The van der Waals surface area contributed by atoms with Gasteiger partial charge in [-0.25, -0.2) is 0 Å². The van der Waals surface area contributed by atoms with Gasteiger partial charge in [0.1, 0.15) is 0 Å². The highest BCUT2D eigenvalue weighted by Crippen LogP contribution is 2.34. The molecule has 164 valence electrons. The average molecular weight is 431 g/mol. The van der Waals surface area contributed by atoms with Crippen LogP contribution in [0.2, 0.25) is 0 Å². The van der Waals surface area contributed by atoms with E-state index in [-0.39, 0.29) is 18.2 Å².